The van der Waals surface area contributed by atoms with Gasteiger partial charge in [0.05, 0.1) is 11.9 Å². The van der Waals surface area contributed by atoms with Crippen molar-refractivity contribution in [2.24, 2.45) is 7.05 Å². The van der Waals surface area contributed by atoms with E-state index in [0.717, 1.165) is 15.9 Å². The minimum atomic E-state index is 0.0862. The Bertz CT molecular complexity index is 743. The first-order valence-electron chi connectivity index (χ1n) is 5.98. The van der Waals surface area contributed by atoms with Crippen LogP contribution in [0.1, 0.15) is 9.67 Å². The maximum Gasteiger partial charge on any atom is 0.356 e. The number of carbonyl (C=O) groups excluding carboxylic acids is 1. The Labute approximate surface area is 114 Å². The van der Waals surface area contributed by atoms with E-state index in [1.54, 1.807) is 0 Å². The lowest BCUT2D eigenvalue weighted by Crippen LogP contribution is -2.31. The zero-order valence-corrected chi connectivity index (χ0v) is 11.4. The fourth-order valence-corrected chi connectivity index (χ4v) is 2.89. The van der Waals surface area contributed by atoms with E-state index in [0.29, 0.717) is 5.95 Å². The van der Waals surface area contributed by atoms with Crippen molar-refractivity contribution in [2.75, 3.05) is 5.73 Å². The van der Waals surface area contributed by atoms with E-state index >= 15 is 0 Å². The minimum absolute atomic E-state index is 0.0862. The number of aromatic nitrogens is 2. The van der Waals surface area contributed by atoms with Crippen LogP contribution in [0, 0.1) is 0 Å². The Morgan fingerprint density at radius 2 is 2.11 bits per heavy atom. The number of aryl methyl sites for hydroxylation is 1. The molecular weight excluding hydrogens is 258 g/mol. The number of nitrogen functional groups attached to an aromatic ring is 1. The Morgan fingerprint density at radius 1 is 1.32 bits per heavy atom. The monoisotopic (exact) mass is 272 g/mol. The molecule has 0 atom stereocenters. The number of carbonyl (C=O) groups is 1. The molecule has 19 heavy (non-hydrogen) atoms. The van der Waals surface area contributed by atoms with Gasteiger partial charge in [-0.1, -0.05) is 18.2 Å². The number of fused-ring (bicyclic) bond motifs is 1. The highest BCUT2D eigenvalue weighted by atomic mass is 32.1. The van der Waals surface area contributed by atoms with Crippen LogP contribution in [0.4, 0.5) is 5.95 Å². The number of anilines is 1. The van der Waals surface area contributed by atoms with E-state index in [4.69, 9.17) is 5.73 Å². The molecule has 0 aliphatic carbocycles. The second kappa shape index (κ2) is 4.51. The summed E-state index contributed by atoms with van der Waals surface area (Å²) in [7, 11) is 1.91. The summed E-state index contributed by atoms with van der Waals surface area (Å²) in [4.78, 5) is 13.0. The number of para-hydroxylation sites is 2. The number of imidazole rings is 1. The molecular formula is C14H14N3OS+. The lowest BCUT2D eigenvalue weighted by Gasteiger charge is -1.99. The van der Waals surface area contributed by atoms with E-state index in [1.807, 2.05) is 58.0 Å². The Balaban J connectivity index is 2.06. The number of ketones is 1. The third kappa shape index (κ3) is 1.92. The molecule has 0 saturated carbocycles. The molecule has 0 spiro atoms. The van der Waals surface area contributed by atoms with E-state index in [1.165, 1.54) is 11.3 Å². The molecule has 0 radical (unpaired) electrons. The van der Waals surface area contributed by atoms with Crippen molar-refractivity contribution in [2.45, 2.75) is 6.54 Å². The quantitative estimate of drug-likeness (QED) is 0.585. The summed E-state index contributed by atoms with van der Waals surface area (Å²) in [5.74, 6) is 0.675. The third-order valence-electron chi connectivity index (χ3n) is 3.25. The predicted molar refractivity (Wildman–Crippen MR) is 76.2 cm³/mol. The van der Waals surface area contributed by atoms with Gasteiger partial charge in [-0.3, -0.25) is 10.5 Å². The topological polar surface area (TPSA) is 51.9 Å². The molecule has 0 saturated heterocycles. The number of hydrogen-bond donors (Lipinski definition) is 1. The van der Waals surface area contributed by atoms with Gasteiger partial charge in [-0.15, -0.1) is 11.3 Å². The molecule has 2 heterocycles. The van der Waals surface area contributed by atoms with Crippen molar-refractivity contribution in [1.29, 1.82) is 0 Å². The predicted octanol–water partition coefficient (Wildman–Crippen LogP) is 1.99. The smallest absolute Gasteiger partial charge is 0.290 e. The first-order valence-corrected chi connectivity index (χ1v) is 6.86. The molecule has 1 aromatic carbocycles. The van der Waals surface area contributed by atoms with Gasteiger partial charge >= 0.3 is 5.95 Å². The Hall–Kier alpha value is -2.14. The van der Waals surface area contributed by atoms with E-state index in [9.17, 15) is 4.79 Å². The van der Waals surface area contributed by atoms with Crippen molar-refractivity contribution < 1.29 is 9.36 Å². The molecule has 0 aliphatic rings. The van der Waals surface area contributed by atoms with Crippen molar-refractivity contribution in [1.82, 2.24) is 4.57 Å². The van der Waals surface area contributed by atoms with Crippen LogP contribution in [0.5, 0.6) is 0 Å². The number of Topliss-reactive ketones (excluding diaryl/α,β-unsaturated/α-hetero) is 1. The van der Waals surface area contributed by atoms with Gasteiger partial charge < -0.3 is 0 Å². The van der Waals surface area contributed by atoms with Crippen molar-refractivity contribution in [3.05, 3.63) is 46.7 Å². The van der Waals surface area contributed by atoms with Crippen molar-refractivity contribution in [3.63, 3.8) is 0 Å². The first-order chi connectivity index (χ1) is 9.18. The van der Waals surface area contributed by atoms with Gasteiger partial charge in [-0.2, -0.15) is 0 Å². The minimum Gasteiger partial charge on any atom is -0.290 e. The van der Waals surface area contributed by atoms with Crippen LogP contribution >= 0.6 is 11.3 Å². The Kier molecular flexibility index (Phi) is 2.83. The molecule has 0 fully saturated rings. The van der Waals surface area contributed by atoms with Crippen LogP contribution in [0.3, 0.4) is 0 Å². The molecule has 0 unspecified atom stereocenters. The Morgan fingerprint density at radius 3 is 2.84 bits per heavy atom. The molecule has 96 valence electrons. The first kappa shape index (κ1) is 11.9. The van der Waals surface area contributed by atoms with E-state index in [-0.39, 0.29) is 12.3 Å². The number of rotatable bonds is 3. The second-order valence-electron chi connectivity index (χ2n) is 4.39. The highest BCUT2D eigenvalue weighted by Gasteiger charge is 2.21. The van der Waals surface area contributed by atoms with Gasteiger partial charge in [0.25, 0.3) is 0 Å². The number of nitrogens with zero attached hydrogens (tertiary/aromatic N) is 2. The average molecular weight is 272 g/mol. The lowest BCUT2D eigenvalue weighted by atomic mass is 10.3. The van der Waals surface area contributed by atoms with Crippen LogP contribution in [0.2, 0.25) is 0 Å². The summed E-state index contributed by atoms with van der Waals surface area (Å²) in [6, 6.07) is 11.6. The summed E-state index contributed by atoms with van der Waals surface area (Å²) < 4.78 is 3.76. The summed E-state index contributed by atoms with van der Waals surface area (Å²) in [5, 5.41) is 1.91. The van der Waals surface area contributed by atoms with Crippen LogP contribution < -0.4 is 10.3 Å². The highest BCUT2D eigenvalue weighted by Crippen LogP contribution is 2.17. The molecule has 3 aromatic rings. The van der Waals surface area contributed by atoms with Crippen LogP contribution in [-0.2, 0) is 13.6 Å². The van der Waals surface area contributed by atoms with Gasteiger partial charge in [0.1, 0.15) is 17.6 Å². The van der Waals surface area contributed by atoms with Crippen LogP contribution in [0.25, 0.3) is 11.0 Å². The summed E-state index contributed by atoms with van der Waals surface area (Å²) in [5.41, 5.74) is 8.10. The molecule has 4 nitrogen and oxygen atoms in total. The lowest BCUT2D eigenvalue weighted by molar-refractivity contribution is -0.630. The zero-order chi connectivity index (χ0) is 13.4. The SMILES string of the molecule is C[n+]1c(N)n(CC(=O)c2cccs2)c2ccccc21. The van der Waals surface area contributed by atoms with Gasteiger partial charge in [-0.25, -0.2) is 9.13 Å². The van der Waals surface area contributed by atoms with Gasteiger partial charge in [0.15, 0.2) is 0 Å². The fraction of sp³-hybridized carbons (Fsp3) is 0.143. The molecule has 2 N–H and O–H groups in total. The largest absolute Gasteiger partial charge is 0.356 e. The van der Waals surface area contributed by atoms with Crippen molar-refractivity contribution in [3.8, 4) is 0 Å². The third-order valence-corrected chi connectivity index (χ3v) is 4.16. The van der Waals surface area contributed by atoms with Gasteiger partial charge in [-0.05, 0) is 23.6 Å². The van der Waals surface area contributed by atoms with Gasteiger partial charge in [0.2, 0.25) is 5.78 Å². The second-order valence-corrected chi connectivity index (χ2v) is 5.34. The number of nitrogens with two attached hydrogens (primary N) is 1. The molecule has 3 rings (SSSR count). The van der Waals surface area contributed by atoms with Crippen LogP contribution in [0.15, 0.2) is 41.8 Å². The maximum atomic E-state index is 12.2. The summed E-state index contributed by atoms with van der Waals surface area (Å²) in [6.45, 7) is 0.272. The maximum absolute atomic E-state index is 12.2. The molecule has 0 aliphatic heterocycles. The zero-order valence-electron chi connectivity index (χ0n) is 10.5. The van der Waals surface area contributed by atoms with Crippen LogP contribution in [-0.4, -0.2) is 10.4 Å². The number of hydrogen-bond acceptors (Lipinski definition) is 3. The molecule has 0 amide bonds. The van der Waals surface area contributed by atoms with E-state index in [2.05, 4.69) is 0 Å². The normalized spacial score (nSPS) is 11.0. The average Bonchev–Trinajstić information content (AvgIpc) is 3.03. The standard InChI is InChI=1S/C14H13N3OS/c1-16-10-5-2-3-6-11(10)17(14(16)15)9-12(18)13-7-4-8-19-13/h2-8,15H,9H2,1H3/p+1. The fourth-order valence-electron chi connectivity index (χ4n) is 2.23. The van der Waals surface area contributed by atoms with Gasteiger partial charge in [0, 0.05) is 0 Å². The molecule has 5 heteroatoms. The summed E-state index contributed by atoms with van der Waals surface area (Å²) in [6.07, 6.45) is 0. The summed E-state index contributed by atoms with van der Waals surface area (Å²) >= 11 is 1.46. The number of thiophene rings is 1. The molecule has 2 aromatic heterocycles. The number of benzene rings is 1. The van der Waals surface area contributed by atoms with E-state index < -0.39 is 0 Å². The molecule has 0 bridgehead atoms. The van der Waals surface area contributed by atoms with Crippen molar-refractivity contribution >= 4 is 34.1 Å². The highest BCUT2D eigenvalue weighted by molar-refractivity contribution is 7.12.